The van der Waals surface area contributed by atoms with Crippen molar-refractivity contribution in [3.63, 3.8) is 0 Å². The Morgan fingerprint density at radius 2 is 1.04 bits per heavy atom. The summed E-state index contributed by atoms with van der Waals surface area (Å²) in [4.78, 5) is 2.40. The minimum atomic E-state index is 0.910. The van der Waals surface area contributed by atoms with Crippen molar-refractivity contribution in [2.45, 2.75) is 0 Å². The summed E-state index contributed by atoms with van der Waals surface area (Å²) in [7, 11) is 0. The Hall–Kier alpha value is -7.36. The molecule has 258 valence electrons. The van der Waals surface area contributed by atoms with Gasteiger partial charge < -0.3 is 13.9 Å². The fraction of sp³-hybridized carbons (Fsp3) is 0. The Balaban J connectivity index is 1.14. The van der Waals surface area contributed by atoms with E-state index in [1.165, 1.54) is 27.1 Å². The molecule has 9 aromatic carbocycles. The number of furan rings is 1. The number of fused-ring (bicyclic) bond motifs is 8. The van der Waals surface area contributed by atoms with E-state index in [0.717, 1.165) is 72.5 Å². The largest absolute Gasteiger partial charge is 0.456 e. The Morgan fingerprint density at radius 3 is 1.87 bits per heavy atom. The Kier molecular flexibility index (Phi) is 7.17. The number of benzene rings is 9. The maximum Gasteiger partial charge on any atom is 0.136 e. The molecule has 55 heavy (non-hydrogen) atoms. The van der Waals surface area contributed by atoms with E-state index >= 15 is 0 Å². The molecule has 0 unspecified atom stereocenters. The summed E-state index contributed by atoms with van der Waals surface area (Å²) in [6.45, 7) is 0. The quantitative estimate of drug-likeness (QED) is 0.172. The molecule has 0 bridgehead atoms. The first kappa shape index (κ1) is 31.2. The maximum absolute atomic E-state index is 6.28. The molecule has 0 aliphatic heterocycles. The summed E-state index contributed by atoms with van der Waals surface area (Å²) in [5.74, 6) is 0. The number of aromatic nitrogens is 1. The third-order valence-corrected chi connectivity index (χ3v) is 11.0. The van der Waals surface area contributed by atoms with Crippen LogP contribution in [0.5, 0.6) is 0 Å². The van der Waals surface area contributed by atoms with Gasteiger partial charge in [-0.2, -0.15) is 0 Å². The molecule has 0 saturated carbocycles. The predicted octanol–water partition coefficient (Wildman–Crippen LogP) is 14.6. The van der Waals surface area contributed by atoms with Gasteiger partial charge in [-0.1, -0.05) is 133 Å². The molecule has 11 aromatic rings. The van der Waals surface area contributed by atoms with Gasteiger partial charge in [-0.05, 0) is 100 Å². The summed E-state index contributed by atoms with van der Waals surface area (Å²) >= 11 is 0. The highest BCUT2D eigenvalue weighted by Crippen LogP contribution is 2.45. The smallest absolute Gasteiger partial charge is 0.136 e. The summed E-state index contributed by atoms with van der Waals surface area (Å²) in [5.41, 5.74) is 13.2. The third-order valence-electron chi connectivity index (χ3n) is 11.0. The summed E-state index contributed by atoms with van der Waals surface area (Å²) in [6, 6.07) is 74.0. The van der Waals surface area contributed by atoms with Gasteiger partial charge in [0.2, 0.25) is 0 Å². The number of para-hydroxylation sites is 4. The normalized spacial score (nSPS) is 11.6. The zero-order valence-corrected chi connectivity index (χ0v) is 29.9. The number of nitrogens with zero attached hydrogens (tertiary/aromatic N) is 2. The minimum absolute atomic E-state index is 0.910. The molecule has 2 heterocycles. The first-order valence-electron chi connectivity index (χ1n) is 18.8. The second-order valence-corrected chi connectivity index (χ2v) is 14.1. The molecular weight excluding hydrogens is 669 g/mol. The van der Waals surface area contributed by atoms with Gasteiger partial charge in [0, 0.05) is 44.2 Å². The number of hydrogen-bond acceptors (Lipinski definition) is 2. The lowest BCUT2D eigenvalue weighted by atomic mass is 9.94. The molecule has 0 amide bonds. The van der Waals surface area contributed by atoms with E-state index in [4.69, 9.17) is 4.42 Å². The van der Waals surface area contributed by atoms with Crippen molar-refractivity contribution in [3.8, 4) is 27.9 Å². The van der Waals surface area contributed by atoms with Gasteiger partial charge in [-0.25, -0.2) is 0 Å². The molecule has 11 rings (SSSR count). The highest BCUT2D eigenvalue weighted by atomic mass is 16.3. The van der Waals surface area contributed by atoms with Crippen molar-refractivity contribution in [2.75, 3.05) is 4.90 Å². The lowest BCUT2D eigenvalue weighted by molar-refractivity contribution is 0.669. The molecular formula is C52H34N2O. The second kappa shape index (κ2) is 12.6. The van der Waals surface area contributed by atoms with Crippen molar-refractivity contribution in [2.24, 2.45) is 0 Å². The molecule has 0 N–H and O–H groups in total. The van der Waals surface area contributed by atoms with Crippen molar-refractivity contribution < 1.29 is 4.42 Å². The summed E-state index contributed by atoms with van der Waals surface area (Å²) in [6.07, 6.45) is 0. The van der Waals surface area contributed by atoms with Crippen molar-refractivity contribution in [1.29, 1.82) is 0 Å². The first-order chi connectivity index (χ1) is 27.3. The fourth-order valence-corrected chi connectivity index (χ4v) is 8.44. The van der Waals surface area contributed by atoms with Gasteiger partial charge in [-0.3, -0.25) is 0 Å². The van der Waals surface area contributed by atoms with Crippen LogP contribution in [0.3, 0.4) is 0 Å². The van der Waals surface area contributed by atoms with Crippen LogP contribution < -0.4 is 4.90 Å². The second-order valence-electron chi connectivity index (χ2n) is 14.1. The monoisotopic (exact) mass is 702 g/mol. The number of hydrogen-bond donors (Lipinski definition) is 0. The zero-order chi connectivity index (χ0) is 36.3. The van der Waals surface area contributed by atoms with Gasteiger partial charge in [-0.15, -0.1) is 0 Å². The van der Waals surface area contributed by atoms with E-state index in [2.05, 4.69) is 204 Å². The molecule has 2 aromatic heterocycles. The molecule has 0 aliphatic rings. The van der Waals surface area contributed by atoms with Crippen LogP contribution in [0.2, 0.25) is 0 Å². The average Bonchev–Trinajstić information content (AvgIpc) is 3.81. The van der Waals surface area contributed by atoms with Crippen molar-refractivity contribution >= 4 is 71.6 Å². The molecule has 0 saturated heterocycles. The van der Waals surface area contributed by atoms with Crippen molar-refractivity contribution in [1.82, 2.24) is 4.57 Å². The average molecular weight is 703 g/mol. The van der Waals surface area contributed by atoms with Gasteiger partial charge >= 0.3 is 0 Å². The van der Waals surface area contributed by atoms with E-state index in [1.54, 1.807) is 0 Å². The summed E-state index contributed by atoms with van der Waals surface area (Å²) < 4.78 is 8.67. The fourth-order valence-electron chi connectivity index (χ4n) is 8.44. The topological polar surface area (TPSA) is 21.3 Å². The molecule has 0 fully saturated rings. The van der Waals surface area contributed by atoms with E-state index < -0.39 is 0 Å². The Bertz CT molecular complexity index is 3200. The van der Waals surface area contributed by atoms with E-state index in [9.17, 15) is 0 Å². The Labute approximate surface area is 318 Å². The molecule has 0 atom stereocenters. The van der Waals surface area contributed by atoms with Gasteiger partial charge in [0.05, 0.1) is 16.7 Å². The van der Waals surface area contributed by atoms with Crippen LogP contribution in [0, 0.1) is 0 Å². The lowest BCUT2D eigenvalue weighted by Gasteiger charge is -2.28. The van der Waals surface area contributed by atoms with E-state index in [0.29, 0.717) is 0 Å². The summed E-state index contributed by atoms with van der Waals surface area (Å²) in [5, 5.41) is 7.16. The lowest BCUT2D eigenvalue weighted by Crippen LogP contribution is -2.11. The molecule has 0 radical (unpaired) electrons. The minimum Gasteiger partial charge on any atom is -0.456 e. The highest BCUT2D eigenvalue weighted by Gasteiger charge is 2.21. The van der Waals surface area contributed by atoms with Crippen LogP contribution in [0.15, 0.2) is 211 Å². The highest BCUT2D eigenvalue weighted by molar-refractivity contribution is 6.19. The van der Waals surface area contributed by atoms with Gasteiger partial charge in [0.1, 0.15) is 11.2 Å². The van der Waals surface area contributed by atoms with Crippen LogP contribution in [0.1, 0.15) is 0 Å². The van der Waals surface area contributed by atoms with Gasteiger partial charge in [0.15, 0.2) is 0 Å². The Morgan fingerprint density at radius 1 is 0.382 bits per heavy atom. The number of anilines is 3. The standard InChI is InChI=1S/C52H34N2O/c1-4-14-35(15-5-1)45-32-38(37-25-24-36-27-31-51-52(46(36)33-37)44-21-11-13-23-50(44)55-51)26-30-48(45)53(39-16-6-2-7-17-39)41-28-29-43-42-20-10-12-22-47(42)54(49(43)34-41)40-18-8-3-9-19-40/h1-34H. The zero-order valence-electron chi connectivity index (χ0n) is 29.9. The van der Waals surface area contributed by atoms with Gasteiger partial charge in [0.25, 0.3) is 0 Å². The van der Waals surface area contributed by atoms with Crippen LogP contribution in [-0.2, 0) is 0 Å². The maximum atomic E-state index is 6.28. The molecule has 3 nitrogen and oxygen atoms in total. The first-order valence-corrected chi connectivity index (χ1v) is 18.8. The molecule has 0 aliphatic carbocycles. The van der Waals surface area contributed by atoms with E-state index in [1.807, 2.05) is 12.1 Å². The molecule has 3 heteroatoms. The van der Waals surface area contributed by atoms with Crippen LogP contribution in [0.4, 0.5) is 17.1 Å². The molecule has 0 spiro atoms. The van der Waals surface area contributed by atoms with Crippen LogP contribution in [0.25, 0.3) is 82.5 Å². The van der Waals surface area contributed by atoms with E-state index in [-0.39, 0.29) is 0 Å². The SMILES string of the molecule is c1ccc(-c2cc(-c3ccc4ccc5oc6ccccc6c5c4c3)ccc2N(c2ccccc2)c2ccc3c4ccccc4n(-c4ccccc4)c3c2)cc1. The predicted molar refractivity (Wildman–Crippen MR) is 231 cm³/mol. The van der Waals surface area contributed by atoms with Crippen LogP contribution in [-0.4, -0.2) is 4.57 Å². The third kappa shape index (κ3) is 5.13. The number of rotatable bonds is 6. The van der Waals surface area contributed by atoms with Crippen LogP contribution >= 0.6 is 0 Å². The van der Waals surface area contributed by atoms with Crippen molar-refractivity contribution in [3.05, 3.63) is 206 Å².